The van der Waals surface area contributed by atoms with Crippen LogP contribution in [0.4, 0.5) is 0 Å². The summed E-state index contributed by atoms with van der Waals surface area (Å²) in [5.74, 6) is -1.31. The molecule has 0 unspecified atom stereocenters. The van der Waals surface area contributed by atoms with E-state index in [4.69, 9.17) is 9.47 Å². The largest absolute Gasteiger partial charge is 0.458 e. The van der Waals surface area contributed by atoms with Gasteiger partial charge in [-0.05, 0) is 62.5 Å². The lowest BCUT2D eigenvalue weighted by atomic mass is 9.46. The first kappa shape index (κ1) is 25.8. The Balaban J connectivity index is 1.70. The molecule has 7 nitrogen and oxygen atoms in total. The minimum absolute atomic E-state index is 0.0130. The first-order valence-electron chi connectivity index (χ1n) is 13.0. The van der Waals surface area contributed by atoms with E-state index in [0.717, 1.165) is 24.8 Å². The van der Waals surface area contributed by atoms with Crippen molar-refractivity contribution in [1.82, 2.24) is 0 Å². The number of ether oxygens (including phenoxy) is 2. The van der Waals surface area contributed by atoms with Gasteiger partial charge in [-0.3, -0.25) is 19.2 Å². The molecular weight excluding hydrogens is 448 g/mol. The zero-order valence-corrected chi connectivity index (χ0v) is 21.3. The van der Waals surface area contributed by atoms with Gasteiger partial charge in [-0.2, -0.15) is 0 Å². The molecule has 0 saturated heterocycles. The second-order valence-electron chi connectivity index (χ2n) is 11.4. The van der Waals surface area contributed by atoms with Crippen molar-refractivity contribution in [3.63, 3.8) is 0 Å². The van der Waals surface area contributed by atoms with Crippen molar-refractivity contribution in [1.29, 1.82) is 0 Å². The summed E-state index contributed by atoms with van der Waals surface area (Å²) in [5.41, 5.74) is -1.56. The molecule has 0 heterocycles. The second-order valence-corrected chi connectivity index (χ2v) is 11.4. The maximum Gasteiger partial charge on any atom is 0.306 e. The monoisotopic (exact) mass is 486 g/mol. The highest BCUT2D eigenvalue weighted by Gasteiger charge is 2.70. The number of esters is 2. The summed E-state index contributed by atoms with van der Waals surface area (Å²) in [6.45, 7) is 6.86. The number of carbonyl (C=O) groups excluding carboxylic acids is 4. The average Bonchev–Trinajstić information content (AvgIpc) is 3.08. The Morgan fingerprint density at radius 3 is 2.63 bits per heavy atom. The van der Waals surface area contributed by atoms with Crippen LogP contribution in [-0.4, -0.2) is 46.9 Å². The first-order chi connectivity index (χ1) is 16.5. The topological polar surface area (TPSA) is 107 Å². The van der Waals surface area contributed by atoms with Crippen molar-refractivity contribution in [2.24, 2.45) is 28.6 Å². The van der Waals surface area contributed by atoms with Gasteiger partial charge in [0.25, 0.3) is 0 Å². The van der Waals surface area contributed by atoms with Crippen LogP contribution in [0.5, 0.6) is 0 Å². The molecule has 0 bridgehead atoms. The molecule has 3 fully saturated rings. The van der Waals surface area contributed by atoms with E-state index in [2.05, 4.69) is 6.92 Å². The van der Waals surface area contributed by atoms with Gasteiger partial charge in [-0.25, -0.2) is 0 Å². The van der Waals surface area contributed by atoms with Crippen molar-refractivity contribution in [2.45, 2.75) is 90.8 Å². The van der Waals surface area contributed by atoms with Gasteiger partial charge in [-0.1, -0.05) is 38.8 Å². The SMILES string of the molecule is CCCCC(=O)O[C@]1(C(=O)COC(C)=O)CC[C@@H]2[C@@H]3CCC4=CC(=O)C=C[C@]4(C)[C@@H]3[C@H](O)C[C@@]21C. The van der Waals surface area contributed by atoms with Crippen LogP contribution in [0.15, 0.2) is 23.8 Å². The van der Waals surface area contributed by atoms with E-state index in [1.807, 2.05) is 19.9 Å². The number of aliphatic hydroxyl groups excluding tert-OH is 1. The summed E-state index contributed by atoms with van der Waals surface area (Å²) >= 11 is 0. The zero-order chi connectivity index (χ0) is 25.6. The zero-order valence-electron chi connectivity index (χ0n) is 21.3. The quantitative estimate of drug-likeness (QED) is 0.544. The van der Waals surface area contributed by atoms with Gasteiger partial charge >= 0.3 is 11.9 Å². The number of fused-ring (bicyclic) bond motifs is 5. The number of unbranched alkanes of at least 4 members (excludes halogenated alkanes) is 1. The Morgan fingerprint density at radius 1 is 1.20 bits per heavy atom. The summed E-state index contributed by atoms with van der Waals surface area (Å²) in [7, 11) is 0. The first-order valence-corrected chi connectivity index (χ1v) is 13.0. The maximum atomic E-state index is 13.6. The van der Waals surface area contributed by atoms with Gasteiger partial charge in [0.05, 0.1) is 6.10 Å². The standard InChI is InChI=1S/C28H38O7/c1-5-6-7-24(33)35-28(23(32)16-34-17(2)29)13-11-21-20-9-8-18-14-19(30)10-12-26(18,3)25(20)22(31)15-27(21,28)4/h10,12,14,20-22,25,31H,5-9,11,13,15-16H2,1-4H3/t20-,21+,22+,25-,26-,27-,28-/m0/s1. The molecule has 4 aliphatic rings. The molecule has 0 amide bonds. The van der Waals surface area contributed by atoms with E-state index >= 15 is 0 Å². The fourth-order valence-electron chi connectivity index (χ4n) is 7.85. The van der Waals surface area contributed by atoms with Crippen LogP contribution < -0.4 is 0 Å². The molecule has 0 aliphatic heterocycles. The number of carbonyl (C=O) groups is 4. The van der Waals surface area contributed by atoms with E-state index in [1.165, 1.54) is 6.92 Å². The lowest BCUT2D eigenvalue weighted by molar-refractivity contribution is -0.201. The molecule has 3 saturated carbocycles. The third kappa shape index (κ3) is 4.09. The van der Waals surface area contributed by atoms with E-state index in [9.17, 15) is 24.3 Å². The summed E-state index contributed by atoms with van der Waals surface area (Å²) in [6.07, 6.45) is 9.17. The third-order valence-corrected chi connectivity index (χ3v) is 9.50. The molecule has 0 radical (unpaired) electrons. The fraction of sp³-hybridized carbons (Fsp3) is 0.714. The molecule has 0 aromatic heterocycles. The minimum Gasteiger partial charge on any atom is -0.458 e. The van der Waals surface area contributed by atoms with Crippen molar-refractivity contribution in [2.75, 3.05) is 6.61 Å². The Morgan fingerprint density at radius 2 is 1.94 bits per heavy atom. The normalized spacial score (nSPS) is 39.7. The van der Waals surface area contributed by atoms with Crippen molar-refractivity contribution >= 4 is 23.5 Å². The number of Topliss-reactive ketones (excluding diaryl/α,β-unsaturated/α-hetero) is 1. The summed E-state index contributed by atoms with van der Waals surface area (Å²) in [6, 6.07) is 0. The van der Waals surface area contributed by atoms with E-state index in [-0.39, 0.29) is 30.0 Å². The Labute approximate surface area is 207 Å². The Kier molecular flexibility index (Phi) is 6.86. The van der Waals surface area contributed by atoms with Gasteiger partial charge < -0.3 is 14.6 Å². The number of allylic oxidation sites excluding steroid dienone is 4. The van der Waals surface area contributed by atoms with E-state index in [0.29, 0.717) is 25.7 Å². The van der Waals surface area contributed by atoms with Crippen LogP contribution in [0.2, 0.25) is 0 Å². The number of hydrogen-bond donors (Lipinski definition) is 1. The maximum absolute atomic E-state index is 13.6. The van der Waals surface area contributed by atoms with Crippen LogP contribution >= 0.6 is 0 Å². The lowest BCUT2D eigenvalue weighted by Crippen LogP contribution is -2.63. The molecule has 0 spiro atoms. The second kappa shape index (κ2) is 9.30. The van der Waals surface area contributed by atoms with E-state index in [1.54, 1.807) is 12.2 Å². The van der Waals surface area contributed by atoms with Gasteiger partial charge in [0.1, 0.15) is 0 Å². The Bertz CT molecular complexity index is 980. The smallest absolute Gasteiger partial charge is 0.306 e. The van der Waals surface area contributed by atoms with Crippen LogP contribution in [0.25, 0.3) is 0 Å². The third-order valence-electron chi connectivity index (χ3n) is 9.50. The van der Waals surface area contributed by atoms with Gasteiger partial charge in [0, 0.05) is 30.1 Å². The van der Waals surface area contributed by atoms with Crippen LogP contribution in [0.3, 0.4) is 0 Å². The molecule has 1 N–H and O–H groups in total. The van der Waals surface area contributed by atoms with Crippen LogP contribution in [0.1, 0.15) is 79.1 Å². The molecule has 7 heteroatoms. The van der Waals surface area contributed by atoms with Gasteiger partial charge in [0.2, 0.25) is 5.78 Å². The summed E-state index contributed by atoms with van der Waals surface area (Å²) in [4.78, 5) is 50.0. The summed E-state index contributed by atoms with van der Waals surface area (Å²) in [5, 5.41) is 11.6. The van der Waals surface area contributed by atoms with Crippen molar-refractivity contribution < 1.29 is 33.8 Å². The number of ketones is 2. The van der Waals surface area contributed by atoms with Crippen LogP contribution in [-0.2, 0) is 28.7 Å². The highest BCUT2D eigenvalue weighted by molar-refractivity contribution is 6.01. The average molecular weight is 487 g/mol. The van der Waals surface area contributed by atoms with Crippen molar-refractivity contribution in [3.05, 3.63) is 23.8 Å². The number of aliphatic hydroxyl groups is 1. The number of hydrogen-bond acceptors (Lipinski definition) is 7. The fourth-order valence-corrected chi connectivity index (χ4v) is 7.85. The Hall–Kier alpha value is -2.28. The van der Waals surface area contributed by atoms with Gasteiger partial charge in [-0.15, -0.1) is 0 Å². The molecule has 4 aliphatic carbocycles. The molecule has 0 aromatic rings. The molecular formula is C28H38O7. The molecule has 7 atom stereocenters. The van der Waals surface area contributed by atoms with Crippen molar-refractivity contribution in [3.8, 4) is 0 Å². The minimum atomic E-state index is -1.43. The van der Waals surface area contributed by atoms with Crippen LogP contribution in [0, 0.1) is 28.6 Å². The molecule has 0 aromatic carbocycles. The number of rotatable bonds is 7. The molecule has 4 rings (SSSR count). The predicted molar refractivity (Wildman–Crippen MR) is 128 cm³/mol. The molecule has 35 heavy (non-hydrogen) atoms. The van der Waals surface area contributed by atoms with E-state index < -0.39 is 46.9 Å². The lowest BCUT2D eigenvalue weighted by Gasteiger charge is -2.59. The van der Waals surface area contributed by atoms with Gasteiger partial charge in [0.15, 0.2) is 18.0 Å². The predicted octanol–water partition coefficient (Wildman–Crippen LogP) is 3.87. The molecule has 192 valence electrons. The summed E-state index contributed by atoms with van der Waals surface area (Å²) < 4.78 is 11.1. The highest BCUT2D eigenvalue weighted by atomic mass is 16.6. The highest BCUT2D eigenvalue weighted by Crippen LogP contribution is 2.67.